The summed E-state index contributed by atoms with van der Waals surface area (Å²) in [5.41, 5.74) is 3.81. The van der Waals surface area contributed by atoms with Gasteiger partial charge in [-0.15, -0.1) is 0 Å². The van der Waals surface area contributed by atoms with E-state index in [1.807, 2.05) is 24.8 Å². The number of furan rings is 1. The molecule has 0 amide bonds. The highest BCUT2D eigenvalue weighted by atomic mass is 19.1. The molecule has 5 rings (SSSR count). The van der Waals surface area contributed by atoms with Crippen LogP contribution in [0.25, 0.3) is 11.7 Å². The first kappa shape index (κ1) is 23.6. The van der Waals surface area contributed by atoms with E-state index in [1.165, 1.54) is 18.4 Å². The van der Waals surface area contributed by atoms with Crippen molar-refractivity contribution in [3.63, 3.8) is 0 Å². The molecular weight excluding hydrogens is 461 g/mol. The summed E-state index contributed by atoms with van der Waals surface area (Å²) < 4.78 is 26.5. The standard InChI is InChI=1S/C27H26FN5O3/c1-18-14-22(19(2)33(18)16-20-5-7-21(28)8-6-20)24(34)17-31-9-11-32(12-10-31)27-23(15-29)30-26(36-27)25-4-3-13-35-25/h3-8,13-14H,9-12,16-17H2,1-2H3. The Hall–Kier alpha value is -4.16. The third-order valence-electron chi connectivity index (χ3n) is 6.60. The second-order valence-corrected chi connectivity index (χ2v) is 8.95. The van der Waals surface area contributed by atoms with E-state index in [0.717, 1.165) is 17.0 Å². The Kier molecular flexibility index (Phi) is 6.44. The van der Waals surface area contributed by atoms with Gasteiger partial charge in [-0.05, 0) is 49.7 Å². The number of benzene rings is 1. The summed E-state index contributed by atoms with van der Waals surface area (Å²) in [6, 6.07) is 13.9. The van der Waals surface area contributed by atoms with Crippen molar-refractivity contribution in [3.05, 3.63) is 82.8 Å². The summed E-state index contributed by atoms with van der Waals surface area (Å²) in [6.45, 7) is 7.36. The number of rotatable bonds is 7. The smallest absolute Gasteiger partial charge is 0.266 e. The van der Waals surface area contributed by atoms with Crippen molar-refractivity contribution < 1.29 is 18.0 Å². The number of nitriles is 1. The number of piperazine rings is 1. The molecule has 0 bridgehead atoms. The van der Waals surface area contributed by atoms with Crippen LogP contribution < -0.4 is 4.90 Å². The molecule has 0 unspecified atom stereocenters. The van der Waals surface area contributed by atoms with Gasteiger partial charge in [0.1, 0.15) is 11.9 Å². The fourth-order valence-corrected chi connectivity index (χ4v) is 4.60. The average molecular weight is 488 g/mol. The zero-order valence-electron chi connectivity index (χ0n) is 20.2. The molecule has 1 aliphatic rings. The van der Waals surface area contributed by atoms with E-state index in [0.29, 0.717) is 56.5 Å². The van der Waals surface area contributed by atoms with E-state index in [2.05, 4.69) is 20.5 Å². The fraction of sp³-hybridized carbons (Fsp3) is 0.296. The van der Waals surface area contributed by atoms with E-state index in [1.54, 1.807) is 24.3 Å². The number of Topliss-reactive ketones (excluding diaryl/α,β-unsaturated/α-hetero) is 1. The molecule has 4 aromatic rings. The Morgan fingerprint density at radius 2 is 1.89 bits per heavy atom. The van der Waals surface area contributed by atoms with Crippen LogP contribution in [0.3, 0.4) is 0 Å². The van der Waals surface area contributed by atoms with Gasteiger partial charge in [-0.1, -0.05) is 12.1 Å². The van der Waals surface area contributed by atoms with Crippen molar-refractivity contribution in [3.8, 4) is 17.7 Å². The van der Waals surface area contributed by atoms with Crippen molar-refractivity contribution in [1.82, 2.24) is 14.5 Å². The molecule has 0 atom stereocenters. The van der Waals surface area contributed by atoms with Crippen LogP contribution in [-0.4, -0.2) is 53.0 Å². The lowest BCUT2D eigenvalue weighted by molar-refractivity contribution is 0.0925. The molecule has 8 nitrogen and oxygen atoms in total. The topological polar surface area (TPSA) is 91.4 Å². The van der Waals surface area contributed by atoms with Gasteiger partial charge in [0.15, 0.2) is 11.5 Å². The number of halogens is 1. The Bertz CT molecular complexity index is 1400. The van der Waals surface area contributed by atoms with Crippen LogP contribution in [0.1, 0.15) is 33.0 Å². The van der Waals surface area contributed by atoms with E-state index in [4.69, 9.17) is 8.83 Å². The van der Waals surface area contributed by atoms with Crippen molar-refractivity contribution in [2.75, 3.05) is 37.6 Å². The van der Waals surface area contributed by atoms with Crippen LogP contribution in [0.15, 0.2) is 57.6 Å². The lowest BCUT2D eigenvalue weighted by atomic mass is 10.1. The number of nitrogens with zero attached hydrogens (tertiary/aromatic N) is 5. The first-order valence-electron chi connectivity index (χ1n) is 11.8. The Morgan fingerprint density at radius 1 is 1.14 bits per heavy atom. The zero-order chi connectivity index (χ0) is 25.2. The summed E-state index contributed by atoms with van der Waals surface area (Å²) in [4.78, 5) is 21.5. The molecule has 1 saturated heterocycles. The van der Waals surface area contributed by atoms with Crippen LogP contribution >= 0.6 is 0 Å². The van der Waals surface area contributed by atoms with Gasteiger partial charge < -0.3 is 18.3 Å². The molecule has 0 radical (unpaired) electrons. The maximum Gasteiger partial charge on any atom is 0.266 e. The predicted octanol–water partition coefficient (Wildman–Crippen LogP) is 4.42. The van der Waals surface area contributed by atoms with Gasteiger partial charge in [0, 0.05) is 49.7 Å². The number of carbonyl (C=O) groups excluding carboxylic acids is 1. The fourth-order valence-electron chi connectivity index (χ4n) is 4.60. The van der Waals surface area contributed by atoms with Crippen molar-refractivity contribution >= 4 is 11.7 Å². The summed E-state index contributed by atoms with van der Waals surface area (Å²) >= 11 is 0. The summed E-state index contributed by atoms with van der Waals surface area (Å²) in [5.74, 6) is 0.985. The summed E-state index contributed by atoms with van der Waals surface area (Å²) in [7, 11) is 0. The molecule has 4 heterocycles. The van der Waals surface area contributed by atoms with Gasteiger partial charge in [-0.3, -0.25) is 9.69 Å². The molecule has 0 N–H and O–H groups in total. The Labute approximate surface area is 208 Å². The number of aryl methyl sites for hydroxylation is 1. The second-order valence-electron chi connectivity index (χ2n) is 8.95. The number of oxazole rings is 1. The van der Waals surface area contributed by atoms with Crippen LogP contribution in [0.4, 0.5) is 10.3 Å². The number of carbonyl (C=O) groups is 1. The zero-order valence-corrected chi connectivity index (χ0v) is 20.2. The van der Waals surface area contributed by atoms with Crippen molar-refractivity contribution in [2.24, 2.45) is 0 Å². The van der Waals surface area contributed by atoms with E-state index >= 15 is 0 Å². The van der Waals surface area contributed by atoms with Crippen LogP contribution in [0.2, 0.25) is 0 Å². The third-order valence-corrected chi connectivity index (χ3v) is 6.60. The predicted molar refractivity (Wildman–Crippen MR) is 131 cm³/mol. The number of anilines is 1. The molecule has 9 heteroatoms. The molecule has 1 aliphatic heterocycles. The maximum absolute atomic E-state index is 13.2. The van der Waals surface area contributed by atoms with Gasteiger partial charge in [0.25, 0.3) is 5.89 Å². The molecule has 36 heavy (non-hydrogen) atoms. The van der Waals surface area contributed by atoms with Gasteiger partial charge in [0.05, 0.1) is 12.8 Å². The summed E-state index contributed by atoms with van der Waals surface area (Å²) in [5, 5.41) is 9.51. The highest BCUT2D eigenvalue weighted by Crippen LogP contribution is 2.29. The van der Waals surface area contributed by atoms with Crippen molar-refractivity contribution in [1.29, 1.82) is 5.26 Å². The minimum Gasteiger partial charge on any atom is -0.459 e. The van der Waals surface area contributed by atoms with Gasteiger partial charge in [0.2, 0.25) is 11.6 Å². The van der Waals surface area contributed by atoms with Gasteiger partial charge in [-0.2, -0.15) is 10.2 Å². The molecule has 3 aromatic heterocycles. The van der Waals surface area contributed by atoms with Gasteiger partial charge in [-0.25, -0.2) is 4.39 Å². The second kappa shape index (κ2) is 9.84. The number of aromatic nitrogens is 2. The third kappa shape index (κ3) is 4.68. The SMILES string of the molecule is Cc1cc(C(=O)CN2CCN(c3oc(-c4ccco4)nc3C#N)CC2)c(C)n1Cc1ccc(F)cc1. The molecule has 1 fully saturated rings. The van der Waals surface area contributed by atoms with E-state index in [9.17, 15) is 14.4 Å². The number of ketones is 1. The normalized spacial score (nSPS) is 14.2. The van der Waals surface area contributed by atoms with E-state index < -0.39 is 0 Å². The first-order valence-corrected chi connectivity index (χ1v) is 11.8. The molecule has 0 saturated carbocycles. The van der Waals surface area contributed by atoms with Gasteiger partial charge >= 0.3 is 0 Å². The summed E-state index contributed by atoms with van der Waals surface area (Å²) in [6.07, 6.45) is 1.53. The Morgan fingerprint density at radius 3 is 2.56 bits per heavy atom. The highest BCUT2D eigenvalue weighted by molar-refractivity contribution is 5.99. The van der Waals surface area contributed by atoms with Crippen LogP contribution in [0.5, 0.6) is 0 Å². The Balaban J connectivity index is 1.22. The minimum absolute atomic E-state index is 0.0689. The molecule has 184 valence electrons. The minimum atomic E-state index is -0.263. The molecule has 0 spiro atoms. The number of hydrogen-bond donors (Lipinski definition) is 0. The lowest BCUT2D eigenvalue weighted by Crippen LogP contribution is -2.48. The maximum atomic E-state index is 13.2. The average Bonchev–Trinajstić information content (AvgIpc) is 3.62. The monoisotopic (exact) mass is 487 g/mol. The quantitative estimate of drug-likeness (QED) is 0.357. The number of hydrogen-bond acceptors (Lipinski definition) is 7. The molecule has 0 aliphatic carbocycles. The van der Waals surface area contributed by atoms with E-state index in [-0.39, 0.29) is 23.2 Å². The highest BCUT2D eigenvalue weighted by Gasteiger charge is 2.27. The molecular formula is C27H26FN5O3. The van der Waals surface area contributed by atoms with Crippen molar-refractivity contribution in [2.45, 2.75) is 20.4 Å². The van der Waals surface area contributed by atoms with Crippen LogP contribution in [-0.2, 0) is 6.54 Å². The van der Waals surface area contributed by atoms with Crippen LogP contribution in [0, 0.1) is 31.0 Å². The molecule has 1 aromatic carbocycles. The first-order chi connectivity index (χ1) is 17.4. The lowest BCUT2D eigenvalue weighted by Gasteiger charge is -2.34. The largest absolute Gasteiger partial charge is 0.459 e.